The summed E-state index contributed by atoms with van der Waals surface area (Å²) in [5, 5.41) is 22.4. The standard InChI is InChI=1S/C17H14N4O2S2/c22-14-15(23)21(17-19-11-6-2-4-8-13(11)25-17)9-20(14)16-18-10-5-1-3-7-12(10)24-16/h1-8,14-15,22-23H,9H2/t14-,15-/m1/s1. The van der Waals surface area contributed by atoms with Crippen LogP contribution in [0.25, 0.3) is 20.4 Å². The van der Waals surface area contributed by atoms with Crippen molar-refractivity contribution in [3.8, 4) is 0 Å². The van der Waals surface area contributed by atoms with E-state index in [1.165, 1.54) is 22.7 Å². The zero-order valence-corrected chi connectivity index (χ0v) is 14.6. The van der Waals surface area contributed by atoms with Crippen molar-refractivity contribution in [2.45, 2.75) is 12.5 Å². The fourth-order valence-corrected chi connectivity index (χ4v) is 4.94. The lowest BCUT2D eigenvalue weighted by Gasteiger charge is -2.17. The van der Waals surface area contributed by atoms with Crippen LogP contribution in [0, 0.1) is 0 Å². The molecule has 25 heavy (non-hydrogen) atoms. The van der Waals surface area contributed by atoms with Crippen LogP contribution in [0.4, 0.5) is 10.3 Å². The van der Waals surface area contributed by atoms with E-state index < -0.39 is 12.5 Å². The minimum atomic E-state index is -1.05. The number of rotatable bonds is 2. The average molecular weight is 370 g/mol. The Morgan fingerprint density at radius 1 is 0.760 bits per heavy atom. The van der Waals surface area contributed by atoms with Gasteiger partial charge in [0.15, 0.2) is 22.7 Å². The lowest BCUT2D eigenvalue weighted by molar-refractivity contribution is 0.0460. The molecule has 2 N–H and O–H groups in total. The molecule has 2 aromatic heterocycles. The summed E-state index contributed by atoms with van der Waals surface area (Å²) >= 11 is 3.01. The highest BCUT2D eigenvalue weighted by molar-refractivity contribution is 7.22. The molecule has 0 unspecified atom stereocenters. The van der Waals surface area contributed by atoms with Crippen molar-refractivity contribution >= 4 is 53.4 Å². The van der Waals surface area contributed by atoms with E-state index in [2.05, 4.69) is 9.97 Å². The Labute approximate surface area is 151 Å². The molecule has 2 aromatic carbocycles. The zero-order valence-electron chi connectivity index (χ0n) is 13.0. The molecular formula is C17H14N4O2S2. The molecule has 0 radical (unpaired) electrons. The van der Waals surface area contributed by atoms with Crippen LogP contribution in [-0.4, -0.2) is 39.3 Å². The van der Waals surface area contributed by atoms with E-state index in [1.807, 2.05) is 48.5 Å². The van der Waals surface area contributed by atoms with Crippen LogP contribution in [-0.2, 0) is 0 Å². The number of fused-ring (bicyclic) bond motifs is 2. The fourth-order valence-electron chi connectivity index (χ4n) is 2.97. The third-order valence-electron chi connectivity index (χ3n) is 4.27. The maximum Gasteiger partial charge on any atom is 0.190 e. The summed E-state index contributed by atoms with van der Waals surface area (Å²) in [6, 6.07) is 15.7. The molecule has 1 aliphatic rings. The van der Waals surface area contributed by atoms with Crippen molar-refractivity contribution in [2.75, 3.05) is 16.5 Å². The van der Waals surface area contributed by atoms with Crippen molar-refractivity contribution in [2.24, 2.45) is 0 Å². The molecule has 5 rings (SSSR count). The normalized spacial score (nSPS) is 20.9. The van der Waals surface area contributed by atoms with E-state index in [0.717, 1.165) is 20.4 Å². The molecule has 126 valence electrons. The van der Waals surface area contributed by atoms with Gasteiger partial charge in [0.25, 0.3) is 0 Å². The molecule has 0 saturated carbocycles. The molecule has 4 aromatic rings. The van der Waals surface area contributed by atoms with Gasteiger partial charge in [-0.2, -0.15) is 0 Å². The molecule has 1 aliphatic heterocycles. The van der Waals surface area contributed by atoms with Gasteiger partial charge in [-0.25, -0.2) is 9.97 Å². The highest BCUT2D eigenvalue weighted by Gasteiger charge is 2.40. The Hall–Kier alpha value is -2.26. The van der Waals surface area contributed by atoms with Crippen LogP contribution in [0.5, 0.6) is 0 Å². The largest absolute Gasteiger partial charge is 0.369 e. The molecule has 1 saturated heterocycles. The number of hydrogen-bond donors (Lipinski definition) is 2. The first-order valence-electron chi connectivity index (χ1n) is 7.81. The van der Waals surface area contributed by atoms with Gasteiger partial charge in [0.2, 0.25) is 0 Å². The van der Waals surface area contributed by atoms with Gasteiger partial charge in [0.1, 0.15) is 6.67 Å². The van der Waals surface area contributed by atoms with Crippen LogP contribution < -0.4 is 9.80 Å². The first-order valence-corrected chi connectivity index (χ1v) is 9.44. The number of aliphatic hydroxyl groups is 2. The maximum atomic E-state index is 10.5. The predicted octanol–water partition coefficient (Wildman–Crippen LogP) is 2.83. The summed E-state index contributed by atoms with van der Waals surface area (Å²) in [5.41, 5.74) is 1.78. The highest BCUT2D eigenvalue weighted by atomic mass is 32.1. The molecule has 0 bridgehead atoms. The quantitative estimate of drug-likeness (QED) is 0.565. The molecular weight excluding hydrogens is 356 g/mol. The summed E-state index contributed by atoms with van der Waals surface area (Å²) in [4.78, 5) is 12.6. The van der Waals surface area contributed by atoms with Crippen LogP contribution >= 0.6 is 22.7 Å². The van der Waals surface area contributed by atoms with Gasteiger partial charge in [-0.1, -0.05) is 46.9 Å². The summed E-state index contributed by atoms with van der Waals surface area (Å²) in [6.07, 6.45) is -2.10. The van der Waals surface area contributed by atoms with E-state index in [9.17, 15) is 10.2 Å². The van der Waals surface area contributed by atoms with Crippen LogP contribution in [0.1, 0.15) is 0 Å². The second-order valence-corrected chi connectivity index (χ2v) is 7.85. The Morgan fingerprint density at radius 3 is 1.64 bits per heavy atom. The molecule has 8 heteroatoms. The molecule has 6 nitrogen and oxygen atoms in total. The number of anilines is 2. The van der Waals surface area contributed by atoms with E-state index in [4.69, 9.17) is 0 Å². The summed E-state index contributed by atoms with van der Waals surface area (Å²) in [7, 11) is 0. The summed E-state index contributed by atoms with van der Waals surface area (Å²) in [6.45, 7) is 0.335. The van der Waals surface area contributed by atoms with Crippen LogP contribution in [0.3, 0.4) is 0 Å². The highest BCUT2D eigenvalue weighted by Crippen LogP contribution is 2.37. The number of hydrogen-bond acceptors (Lipinski definition) is 8. The Balaban J connectivity index is 1.51. The average Bonchev–Trinajstić information content (AvgIpc) is 3.31. The van der Waals surface area contributed by atoms with Gasteiger partial charge in [-0.3, -0.25) is 0 Å². The fraction of sp³-hybridized carbons (Fsp3) is 0.176. The molecule has 0 amide bonds. The molecule has 3 heterocycles. The smallest absolute Gasteiger partial charge is 0.190 e. The molecule has 0 aliphatic carbocycles. The lowest BCUT2D eigenvalue weighted by Crippen LogP contribution is -2.37. The number of thiazole rings is 2. The van der Waals surface area contributed by atoms with Gasteiger partial charge in [-0.05, 0) is 24.3 Å². The van der Waals surface area contributed by atoms with Gasteiger partial charge in [0, 0.05) is 0 Å². The predicted molar refractivity (Wildman–Crippen MR) is 101 cm³/mol. The minimum absolute atomic E-state index is 0.335. The number of benzene rings is 2. The third-order valence-corrected chi connectivity index (χ3v) is 6.41. The maximum absolute atomic E-state index is 10.5. The Kier molecular flexibility index (Phi) is 3.39. The van der Waals surface area contributed by atoms with E-state index >= 15 is 0 Å². The van der Waals surface area contributed by atoms with Gasteiger partial charge in [-0.15, -0.1) is 0 Å². The minimum Gasteiger partial charge on any atom is -0.369 e. The van der Waals surface area contributed by atoms with E-state index in [-0.39, 0.29) is 0 Å². The molecule has 0 spiro atoms. The number of para-hydroxylation sites is 2. The molecule has 2 atom stereocenters. The van der Waals surface area contributed by atoms with Crippen molar-refractivity contribution < 1.29 is 10.2 Å². The number of nitrogens with zero attached hydrogens (tertiary/aromatic N) is 4. The second-order valence-electron chi connectivity index (χ2n) is 5.84. The monoisotopic (exact) mass is 370 g/mol. The van der Waals surface area contributed by atoms with Crippen LogP contribution in [0.2, 0.25) is 0 Å². The Bertz CT molecular complexity index is 913. The van der Waals surface area contributed by atoms with Gasteiger partial charge in [0.05, 0.1) is 20.4 Å². The molecule has 1 fully saturated rings. The van der Waals surface area contributed by atoms with Gasteiger partial charge < -0.3 is 20.0 Å². The SMILES string of the molecule is O[C@@H]1[C@@H](O)N(c2nc3ccccc3s2)CN1c1nc2ccccc2s1. The second kappa shape index (κ2) is 5.63. The topological polar surface area (TPSA) is 72.7 Å². The Morgan fingerprint density at radius 2 is 1.20 bits per heavy atom. The van der Waals surface area contributed by atoms with Crippen LogP contribution in [0.15, 0.2) is 48.5 Å². The number of aliphatic hydroxyl groups excluding tert-OH is 2. The van der Waals surface area contributed by atoms with Crippen molar-refractivity contribution in [1.29, 1.82) is 0 Å². The van der Waals surface area contributed by atoms with Crippen molar-refractivity contribution in [1.82, 2.24) is 9.97 Å². The van der Waals surface area contributed by atoms with E-state index in [0.29, 0.717) is 16.9 Å². The number of aromatic nitrogens is 2. The van der Waals surface area contributed by atoms with Crippen molar-refractivity contribution in [3.05, 3.63) is 48.5 Å². The lowest BCUT2D eigenvalue weighted by atomic mass is 10.3. The first kappa shape index (κ1) is 15.0. The summed E-state index contributed by atoms with van der Waals surface area (Å²) < 4.78 is 2.11. The van der Waals surface area contributed by atoms with Gasteiger partial charge >= 0.3 is 0 Å². The first-order chi connectivity index (χ1) is 12.2. The zero-order chi connectivity index (χ0) is 17.0. The third kappa shape index (κ3) is 2.37. The summed E-state index contributed by atoms with van der Waals surface area (Å²) in [5.74, 6) is 0. The van der Waals surface area contributed by atoms with Crippen molar-refractivity contribution in [3.63, 3.8) is 0 Å². The van der Waals surface area contributed by atoms with E-state index in [1.54, 1.807) is 9.80 Å².